The van der Waals surface area contributed by atoms with Gasteiger partial charge in [-0.1, -0.05) is 91.0 Å². The predicted molar refractivity (Wildman–Crippen MR) is 166 cm³/mol. The Hall–Kier alpha value is -5.08. The first-order valence-corrected chi connectivity index (χ1v) is 13.4. The maximum absolute atomic E-state index is 3.65. The lowest BCUT2D eigenvalue weighted by Gasteiger charge is -2.16. The lowest BCUT2D eigenvalue weighted by molar-refractivity contribution is 1.18. The van der Waals surface area contributed by atoms with Crippen LogP contribution in [-0.2, 0) is 0 Å². The minimum Gasteiger partial charge on any atom is -0.355 e. The van der Waals surface area contributed by atoms with Gasteiger partial charge in [-0.25, -0.2) is 0 Å². The number of fused-ring (bicyclic) bond motifs is 3. The fraction of sp³-hybridized carbons (Fsp3) is 0.0270. The summed E-state index contributed by atoms with van der Waals surface area (Å²) in [5.41, 5.74) is 11.9. The molecule has 0 fully saturated rings. The van der Waals surface area contributed by atoms with Crippen LogP contribution in [0.1, 0.15) is 5.56 Å². The molecule has 0 atom stereocenters. The molecule has 2 heteroatoms. The largest absolute Gasteiger partial charge is 0.355 e. The Kier molecular flexibility index (Phi) is 5.71. The standard InChI is InChI=1S/C37H28N2/c1-26-12-8-9-17-31(26)33-24-27(20-22-35(33)38-29-13-4-2-5-14-29)28-21-23-37-34(25-28)32-18-10-11-19-36(32)39(37)30-15-6-3-7-16-30/h2-25,38H,1H3. The summed E-state index contributed by atoms with van der Waals surface area (Å²) in [4.78, 5) is 0. The molecule has 0 radical (unpaired) electrons. The second kappa shape index (κ2) is 9.66. The van der Waals surface area contributed by atoms with Crippen molar-refractivity contribution in [3.05, 3.63) is 151 Å². The van der Waals surface area contributed by atoms with Gasteiger partial charge in [0.25, 0.3) is 0 Å². The third-order valence-corrected chi connectivity index (χ3v) is 7.53. The highest BCUT2D eigenvalue weighted by molar-refractivity contribution is 6.10. The van der Waals surface area contributed by atoms with Crippen LogP contribution in [0.25, 0.3) is 49.7 Å². The van der Waals surface area contributed by atoms with Gasteiger partial charge >= 0.3 is 0 Å². The van der Waals surface area contributed by atoms with Crippen molar-refractivity contribution in [2.75, 3.05) is 5.32 Å². The van der Waals surface area contributed by atoms with E-state index in [0.717, 1.165) is 11.4 Å². The molecular formula is C37H28N2. The van der Waals surface area contributed by atoms with Gasteiger partial charge in [-0.15, -0.1) is 0 Å². The number of aryl methyl sites for hydroxylation is 1. The zero-order valence-electron chi connectivity index (χ0n) is 21.8. The average Bonchev–Trinajstić information content (AvgIpc) is 3.32. The van der Waals surface area contributed by atoms with Crippen LogP contribution in [0, 0.1) is 6.92 Å². The Balaban J connectivity index is 1.40. The minimum absolute atomic E-state index is 1.08. The van der Waals surface area contributed by atoms with E-state index in [0.29, 0.717) is 0 Å². The summed E-state index contributed by atoms with van der Waals surface area (Å²) in [6.07, 6.45) is 0. The van der Waals surface area contributed by atoms with Crippen molar-refractivity contribution in [3.63, 3.8) is 0 Å². The Bertz CT molecular complexity index is 1930. The highest BCUT2D eigenvalue weighted by Crippen LogP contribution is 2.39. The summed E-state index contributed by atoms with van der Waals surface area (Å²) >= 11 is 0. The number of anilines is 2. The maximum atomic E-state index is 3.65. The van der Waals surface area contributed by atoms with Crippen LogP contribution in [0.4, 0.5) is 11.4 Å². The molecule has 7 rings (SSSR count). The summed E-state index contributed by atoms with van der Waals surface area (Å²) in [6, 6.07) is 51.9. The van der Waals surface area contributed by atoms with E-state index in [1.54, 1.807) is 0 Å². The van der Waals surface area contributed by atoms with Gasteiger partial charge in [0.1, 0.15) is 0 Å². The molecule has 0 aliphatic carbocycles. The first kappa shape index (κ1) is 23.1. The molecule has 1 heterocycles. The summed E-state index contributed by atoms with van der Waals surface area (Å²) in [6.45, 7) is 2.18. The van der Waals surface area contributed by atoms with Gasteiger partial charge in [0.05, 0.1) is 11.0 Å². The van der Waals surface area contributed by atoms with Crippen molar-refractivity contribution in [2.24, 2.45) is 0 Å². The van der Waals surface area contributed by atoms with Gasteiger partial charge in [0.2, 0.25) is 0 Å². The Morgan fingerprint density at radius 3 is 1.95 bits per heavy atom. The average molecular weight is 501 g/mol. The van der Waals surface area contributed by atoms with E-state index in [-0.39, 0.29) is 0 Å². The summed E-state index contributed by atoms with van der Waals surface area (Å²) < 4.78 is 2.36. The minimum atomic E-state index is 1.08. The van der Waals surface area contributed by atoms with E-state index >= 15 is 0 Å². The van der Waals surface area contributed by atoms with Crippen LogP contribution in [0.3, 0.4) is 0 Å². The molecule has 186 valence electrons. The van der Waals surface area contributed by atoms with Gasteiger partial charge in [0, 0.05) is 33.4 Å². The molecule has 2 nitrogen and oxygen atoms in total. The molecule has 1 N–H and O–H groups in total. The van der Waals surface area contributed by atoms with Crippen molar-refractivity contribution in [1.29, 1.82) is 0 Å². The van der Waals surface area contributed by atoms with Crippen LogP contribution in [0.15, 0.2) is 146 Å². The molecule has 0 spiro atoms. The number of para-hydroxylation sites is 3. The molecular weight excluding hydrogens is 472 g/mol. The van der Waals surface area contributed by atoms with Crippen molar-refractivity contribution in [2.45, 2.75) is 6.92 Å². The maximum Gasteiger partial charge on any atom is 0.0541 e. The van der Waals surface area contributed by atoms with Crippen LogP contribution in [-0.4, -0.2) is 4.57 Å². The first-order valence-electron chi connectivity index (χ1n) is 13.4. The van der Waals surface area contributed by atoms with E-state index in [1.807, 2.05) is 6.07 Å². The molecule has 0 bridgehead atoms. The molecule has 1 aromatic heterocycles. The normalized spacial score (nSPS) is 11.2. The van der Waals surface area contributed by atoms with E-state index in [1.165, 1.54) is 55.3 Å². The fourth-order valence-corrected chi connectivity index (χ4v) is 5.62. The topological polar surface area (TPSA) is 17.0 Å². The lowest BCUT2D eigenvalue weighted by Crippen LogP contribution is -1.95. The Morgan fingerprint density at radius 1 is 0.487 bits per heavy atom. The van der Waals surface area contributed by atoms with Gasteiger partial charge < -0.3 is 9.88 Å². The van der Waals surface area contributed by atoms with Crippen LogP contribution in [0.5, 0.6) is 0 Å². The number of benzene rings is 6. The molecule has 0 saturated carbocycles. The SMILES string of the molecule is Cc1ccccc1-c1cc(-c2ccc3c(c2)c2ccccc2n3-c2ccccc2)ccc1Nc1ccccc1. The van der Waals surface area contributed by atoms with Crippen molar-refractivity contribution < 1.29 is 0 Å². The third-order valence-electron chi connectivity index (χ3n) is 7.53. The number of hydrogen-bond acceptors (Lipinski definition) is 1. The molecule has 6 aromatic carbocycles. The van der Waals surface area contributed by atoms with Gasteiger partial charge in [-0.05, 0) is 83.8 Å². The highest BCUT2D eigenvalue weighted by atomic mass is 15.0. The first-order chi connectivity index (χ1) is 19.3. The van der Waals surface area contributed by atoms with Crippen molar-refractivity contribution >= 4 is 33.2 Å². The molecule has 0 unspecified atom stereocenters. The Labute approximate surface area is 228 Å². The second-order valence-electron chi connectivity index (χ2n) is 9.99. The van der Waals surface area contributed by atoms with Crippen molar-refractivity contribution in [3.8, 4) is 27.9 Å². The van der Waals surface area contributed by atoms with Crippen LogP contribution >= 0.6 is 0 Å². The smallest absolute Gasteiger partial charge is 0.0541 e. The predicted octanol–water partition coefficient (Wildman–Crippen LogP) is 10.2. The molecule has 0 amide bonds. The quantitative estimate of drug-likeness (QED) is 0.249. The van der Waals surface area contributed by atoms with Gasteiger partial charge in [-0.2, -0.15) is 0 Å². The number of aromatic nitrogens is 1. The summed E-state index contributed by atoms with van der Waals surface area (Å²) in [7, 11) is 0. The van der Waals surface area contributed by atoms with Gasteiger partial charge in [-0.3, -0.25) is 0 Å². The van der Waals surface area contributed by atoms with Gasteiger partial charge in [0.15, 0.2) is 0 Å². The number of rotatable bonds is 5. The zero-order valence-corrected chi connectivity index (χ0v) is 21.8. The highest BCUT2D eigenvalue weighted by Gasteiger charge is 2.15. The molecule has 0 aliphatic rings. The van der Waals surface area contributed by atoms with Crippen molar-refractivity contribution in [1.82, 2.24) is 4.57 Å². The number of nitrogens with zero attached hydrogens (tertiary/aromatic N) is 1. The van der Waals surface area contributed by atoms with E-state index in [9.17, 15) is 0 Å². The molecule has 0 aliphatic heterocycles. The van der Waals surface area contributed by atoms with E-state index in [4.69, 9.17) is 0 Å². The van der Waals surface area contributed by atoms with Crippen LogP contribution in [0.2, 0.25) is 0 Å². The summed E-state index contributed by atoms with van der Waals surface area (Å²) in [5.74, 6) is 0. The zero-order chi connectivity index (χ0) is 26.2. The number of nitrogens with one attached hydrogen (secondary N) is 1. The molecule has 0 saturated heterocycles. The molecule has 7 aromatic rings. The third kappa shape index (κ3) is 4.17. The second-order valence-corrected chi connectivity index (χ2v) is 9.99. The number of hydrogen-bond donors (Lipinski definition) is 1. The van der Waals surface area contributed by atoms with E-state index < -0.39 is 0 Å². The van der Waals surface area contributed by atoms with E-state index in [2.05, 4.69) is 156 Å². The molecule has 39 heavy (non-hydrogen) atoms. The lowest BCUT2D eigenvalue weighted by atomic mass is 9.94. The Morgan fingerprint density at radius 2 is 1.13 bits per heavy atom. The van der Waals surface area contributed by atoms with Crippen LogP contribution < -0.4 is 5.32 Å². The fourth-order valence-electron chi connectivity index (χ4n) is 5.62. The monoisotopic (exact) mass is 500 g/mol. The summed E-state index contributed by atoms with van der Waals surface area (Å²) in [5, 5.41) is 6.17.